The van der Waals surface area contributed by atoms with Gasteiger partial charge in [0.1, 0.15) is 5.82 Å². The normalized spacial score (nSPS) is 10.2. The van der Waals surface area contributed by atoms with E-state index >= 15 is 0 Å². The quantitative estimate of drug-likeness (QED) is 0.881. The highest BCUT2D eigenvalue weighted by Crippen LogP contribution is 2.04. The first kappa shape index (κ1) is 11.4. The molecule has 1 heterocycles. The fraction of sp³-hybridized carbons (Fsp3) is 0.154. The second-order valence-electron chi connectivity index (χ2n) is 3.61. The minimum atomic E-state index is -0.264. The van der Waals surface area contributed by atoms with Gasteiger partial charge in [0.2, 0.25) is 0 Å². The number of carbonyl (C=O) groups is 1. The number of nitrogens with one attached hydrogen (secondary N) is 1. The summed E-state index contributed by atoms with van der Waals surface area (Å²) in [6.45, 7) is 0.447. The molecule has 0 atom stereocenters. The van der Waals surface area contributed by atoms with Crippen molar-refractivity contribution in [3.8, 4) is 0 Å². The molecule has 0 aliphatic rings. The molecule has 0 spiro atoms. The summed E-state index contributed by atoms with van der Waals surface area (Å²) in [5.74, 6) is -0.240. The van der Waals surface area contributed by atoms with Crippen LogP contribution in [0.3, 0.4) is 0 Å². The zero-order valence-electron chi connectivity index (χ0n) is 9.15. The van der Waals surface area contributed by atoms with Crippen molar-refractivity contribution in [3.05, 3.63) is 59.8 Å². The van der Waals surface area contributed by atoms with Gasteiger partial charge in [-0.25, -0.2) is 4.39 Å². The third-order valence-corrected chi connectivity index (χ3v) is 2.33. The Morgan fingerprint density at radius 2 is 2.18 bits per heavy atom. The number of carbonyl (C=O) groups excluding carboxylic acids is 1. The molecule has 1 N–H and O–H groups in total. The maximum Gasteiger partial charge on any atom is 0.286 e. The van der Waals surface area contributed by atoms with E-state index in [1.165, 1.54) is 18.4 Å². The molecule has 0 fully saturated rings. The molecular weight excluding hydrogens is 221 g/mol. The molecule has 0 saturated heterocycles. The molecule has 0 bridgehead atoms. The fourth-order valence-corrected chi connectivity index (χ4v) is 1.51. The van der Waals surface area contributed by atoms with Crippen molar-refractivity contribution in [1.29, 1.82) is 0 Å². The molecule has 0 aliphatic heterocycles. The van der Waals surface area contributed by atoms with Gasteiger partial charge in [0.15, 0.2) is 5.76 Å². The Balaban J connectivity index is 1.82. The molecular formula is C13H12FNO2. The Morgan fingerprint density at radius 3 is 2.88 bits per heavy atom. The van der Waals surface area contributed by atoms with E-state index in [0.717, 1.165) is 5.56 Å². The number of furan rings is 1. The molecule has 0 saturated carbocycles. The first-order chi connectivity index (χ1) is 8.25. The Labute approximate surface area is 98.3 Å². The zero-order valence-corrected chi connectivity index (χ0v) is 9.15. The Bertz CT molecular complexity index is 494. The van der Waals surface area contributed by atoms with E-state index < -0.39 is 0 Å². The molecule has 0 aliphatic carbocycles. The van der Waals surface area contributed by atoms with Crippen LogP contribution < -0.4 is 5.32 Å². The summed E-state index contributed by atoms with van der Waals surface area (Å²) >= 11 is 0. The Kier molecular flexibility index (Phi) is 3.55. The van der Waals surface area contributed by atoms with Gasteiger partial charge in [-0.2, -0.15) is 0 Å². The lowest BCUT2D eigenvalue weighted by molar-refractivity contribution is 0.0926. The minimum absolute atomic E-state index is 0.258. The van der Waals surface area contributed by atoms with Crippen LogP contribution >= 0.6 is 0 Å². The summed E-state index contributed by atoms with van der Waals surface area (Å²) in [5.41, 5.74) is 0.852. The number of hydrogen-bond donors (Lipinski definition) is 1. The monoisotopic (exact) mass is 233 g/mol. The van der Waals surface area contributed by atoms with Crippen LogP contribution in [-0.2, 0) is 6.42 Å². The van der Waals surface area contributed by atoms with Crippen LogP contribution in [0.1, 0.15) is 16.1 Å². The maximum atomic E-state index is 12.9. The first-order valence-electron chi connectivity index (χ1n) is 5.32. The van der Waals surface area contributed by atoms with E-state index in [4.69, 9.17) is 4.42 Å². The molecule has 4 heteroatoms. The van der Waals surface area contributed by atoms with E-state index in [9.17, 15) is 9.18 Å². The van der Waals surface area contributed by atoms with Gasteiger partial charge in [-0.05, 0) is 36.2 Å². The topological polar surface area (TPSA) is 42.2 Å². The lowest BCUT2D eigenvalue weighted by Crippen LogP contribution is -2.25. The highest BCUT2D eigenvalue weighted by atomic mass is 19.1. The van der Waals surface area contributed by atoms with Crippen LogP contribution in [0.5, 0.6) is 0 Å². The van der Waals surface area contributed by atoms with E-state index in [1.807, 2.05) is 6.07 Å². The molecule has 1 aromatic heterocycles. The minimum Gasteiger partial charge on any atom is -0.459 e. The van der Waals surface area contributed by atoms with E-state index in [-0.39, 0.29) is 17.5 Å². The molecule has 17 heavy (non-hydrogen) atoms. The number of halogens is 1. The molecule has 2 rings (SSSR count). The van der Waals surface area contributed by atoms with Gasteiger partial charge in [-0.1, -0.05) is 12.1 Å². The predicted molar refractivity (Wildman–Crippen MR) is 61.1 cm³/mol. The van der Waals surface area contributed by atoms with Crippen LogP contribution in [0.4, 0.5) is 4.39 Å². The standard InChI is InChI=1S/C13H12FNO2/c14-11-4-1-3-10(9-11)6-7-15-13(16)12-5-2-8-17-12/h1-5,8-9H,6-7H2,(H,15,16). The van der Waals surface area contributed by atoms with Gasteiger partial charge < -0.3 is 9.73 Å². The van der Waals surface area contributed by atoms with E-state index in [0.29, 0.717) is 13.0 Å². The molecule has 0 radical (unpaired) electrons. The van der Waals surface area contributed by atoms with Gasteiger partial charge in [0.25, 0.3) is 5.91 Å². The SMILES string of the molecule is O=C(NCCc1cccc(F)c1)c1ccco1. The lowest BCUT2D eigenvalue weighted by atomic mass is 10.1. The number of benzene rings is 1. The van der Waals surface area contributed by atoms with Crippen molar-refractivity contribution >= 4 is 5.91 Å². The Morgan fingerprint density at radius 1 is 1.29 bits per heavy atom. The Hall–Kier alpha value is -2.10. The van der Waals surface area contributed by atoms with Crippen molar-refractivity contribution in [2.24, 2.45) is 0 Å². The number of rotatable bonds is 4. The van der Waals surface area contributed by atoms with Crippen LogP contribution in [-0.4, -0.2) is 12.5 Å². The number of amides is 1. The summed E-state index contributed by atoms with van der Waals surface area (Å²) in [6.07, 6.45) is 2.03. The predicted octanol–water partition coefficient (Wildman–Crippen LogP) is 2.39. The summed E-state index contributed by atoms with van der Waals surface area (Å²) in [5, 5.41) is 2.70. The van der Waals surface area contributed by atoms with E-state index in [1.54, 1.807) is 18.2 Å². The van der Waals surface area contributed by atoms with Gasteiger partial charge >= 0.3 is 0 Å². The average Bonchev–Trinajstić information content (AvgIpc) is 2.82. The van der Waals surface area contributed by atoms with Crippen molar-refractivity contribution in [1.82, 2.24) is 5.32 Å². The summed E-state index contributed by atoms with van der Waals surface area (Å²) in [7, 11) is 0. The van der Waals surface area contributed by atoms with Gasteiger partial charge in [-0.15, -0.1) is 0 Å². The molecule has 0 unspecified atom stereocenters. The van der Waals surface area contributed by atoms with Crippen LogP contribution in [0.2, 0.25) is 0 Å². The van der Waals surface area contributed by atoms with Crippen molar-refractivity contribution < 1.29 is 13.6 Å². The zero-order chi connectivity index (χ0) is 12.1. The molecule has 1 amide bonds. The third kappa shape index (κ3) is 3.17. The van der Waals surface area contributed by atoms with Crippen LogP contribution in [0, 0.1) is 5.82 Å². The smallest absolute Gasteiger partial charge is 0.286 e. The van der Waals surface area contributed by atoms with Crippen LogP contribution in [0.25, 0.3) is 0 Å². The number of hydrogen-bond acceptors (Lipinski definition) is 2. The fourth-order valence-electron chi connectivity index (χ4n) is 1.51. The maximum absolute atomic E-state index is 12.9. The molecule has 88 valence electrons. The van der Waals surface area contributed by atoms with Crippen molar-refractivity contribution in [2.75, 3.05) is 6.54 Å². The van der Waals surface area contributed by atoms with Crippen molar-refractivity contribution in [2.45, 2.75) is 6.42 Å². The van der Waals surface area contributed by atoms with Gasteiger partial charge in [0.05, 0.1) is 6.26 Å². The summed E-state index contributed by atoms with van der Waals surface area (Å²) < 4.78 is 17.8. The van der Waals surface area contributed by atoms with Crippen molar-refractivity contribution in [3.63, 3.8) is 0 Å². The third-order valence-electron chi connectivity index (χ3n) is 2.33. The van der Waals surface area contributed by atoms with Gasteiger partial charge in [0, 0.05) is 6.54 Å². The highest BCUT2D eigenvalue weighted by Gasteiger charge is 2.06. The molecule has 1 aromatic carbocycles. The first-order valence-corrected chi connectivity index (χ1v) is 5.32. The second kappa shape index (κ2) is 5.30. The second-order valence-corrected chi connectivity index (χ2v) is 3.61. The molecule has 2 aromatic rings. The van der Waals surface area contributed by atoms with Crippen LogP contribution in [0.15, 0.2) is 47.1 Å². The molecule has 3 nitrogen and oxygen atoms in total. The summed E-state index contributed by atoms with van der Waals surface area (Å²) in [4.78, 5) is 11.5. The highest BCUT2D eigenvalue weighted by molar-refractivity contribution is 5.91. The van der Waals surface area contributed by atoms with E-state index in [2.05, 4.69) is 5.32 Å². The summed E-state index contributed by atoms with van der Waals surface area (Å²) in [6, 6.07) is 9.57. The lowest BCUT2D eigenvalue weighted by Gasteiger charge is -2.03. The van der Waals surface area contributed by atoms with Gasteiger partial charge in [-0.3, -0.25) is 4.79 Å². The average molecular weight is 233 g/mol. The largest absolute Gasteiger partial charge is 0.459 e.